The summed E-state index contributed by atoms with van der Waals surface area (Å²) in [6.45, 7) is 5.03. The van der Waals surface area contributed by atoms with Gasteiger partial charge in [-0.1, -0.05) is 6.07 Å². The Hall–Kier alpha value is -1.14. The lowest BCUT2D eigenvalue weighted by Crippen LogP contribution is -2.43. The standard InChI is InChI=1S/C14H25N5/c1-18(2)10-11-7-12(14(15)16)9-13(8-11)19-5-3-17-4-6-19/h7-9,14,17H,3-6,10,15-16H2,1-2H3. The molecule has 0 aliphatic carbocycles. The van der Waals surface area contributed by atoms with Crippen molar-refractivity contribution in [3.05, 3.63) is 29.3 Å². The van der Waals surface area contributed by atoms with E-state index in [-0.39, 0.29) is 0 Å². The molecule has 0 unspecified atom stereocenters. The second kappa shape index (κ2) is 6.34. The van der Waals surface area contributed by atoms with Crippen LogP contribution in [0.4, 0.5) is 5.69 Å². The number of hydrogen-bond acceptors (Lipinski definition) is 5. The van der Waals surface area contributed by atoms with Gasteiger partial charge in [0.1, 0.15) is 0 Å². The number of piperazine rings is 1. The van der Waals surface area contributed by atoms with Crippen LogP contribution in [0.3, 0.4) is 0 Å². The molecule has 1 saturated heterocycles. The van der Waals surface area contributed by atoms with E-state index in [1.54, 1.807) is 0 Å². The fourth-order valence-corrected chi connectivity index (χ4v) is 2.45. The first kappa shape index (κ1) is 14.3. The highest BCUT2D eigenvalue weighted by molar-refractivity contribution is 5.52. The molecule has 0 spiro atoms. The van der Waals surface area contributed by atoms with Gasteiger partial charge in [0.15, 0.2) is 0 Å². The van der Waals surface area contributed by atoms with E-state index in [1.807, 2.05) is 0 Å². The summed E-state index contributed by atoms with van der Waals surface area (Å²) in [5.41, 5.74) is 15.2. The smallest absolute Gasteiger partial charge is 0.0785 e. The van der Waals surface area contributed by atoms with Crippen LogP contribution < -0.4 is 21.7 Å². The van der Waals surface area contributed by atoms with Gasteiger partial charge >= 0.3 is 0 Å². The van der Waals surface area contributed by atoms with Crippen LogP contribution >= 0.6 is 0 Å². The highest BCUT2D eigenvalue weighted by atomic mass is 15.2. The molecule has 5 N–H and O–H groups in total. The van der Waals surface area contributed by atoms with Crippen molar-refractivity contribution in [1.82, 2.24) is 10.2 Å². The molecule has 0 amide bonds. The molecule has 2 rings (SSSR count). The molecule has 1 heterocycles. The van der Waals surface area contributed by atoms with Gasteiger partial charge in [-0.15, -0.1) is 0 Å². The number of nitrogens with two attached hydrogens (primary N) is 2. The van der Waals surface area contributed by atoms with Gasteiger partial charge in [0.05, 0.1) is 6.17 Å². The zero-order valence-electron chi connectivity index (χ0n) is 11.9. The third kappa shape index (κ3) is 3.91. The maximum Gasteiger partial charge on any atom is 0.0785 e. The number of anilines is 1. The first-order chi connectivity index (χ1) is 9.06. The van der Waals surface area contributed by atoms with Crippen LogP contribution in [-0.2, 0) is 6.54 Å². The highest BCUT2D eigenvalue weighted by Gasteiger charge is 2.13. The summed E-state index contributed by atoms with van der Waals surface area (Å²) in [5, 5.41) is 3.37. The van der Waals surface area contributed by atoms with Crippen molar-refractivity contribution in [2.75, 3.05) is 45.2 Å². The van der Waals surface area contributed by atoms with Crippen molar-refractivity contribution in [3.63, 3.8) is 0 Å². The molecule has 1 aliphatic rings. The Morgan fingerprint density at radius 3 is 2.47 bits per heavy atom. The normalized spacial score (nSPS) is 16.4. The summed E-state index contributed by atoms with van der Waals surface area (Å²) in [6.07, 6.45) is -0.413. The maximum absolute atomic E-state index is 5.85. The van der Waals surface area contributed by atoms with Gasteiger partial charge in [-0.3, -0.25) is 0 Å². The summed E-state index contributed by atoms with van der Waals surface area (Å²) in [5.74, 6) is 0. The number of nitrogens with one attached hydrogen (secondary N) is 1. The molecule has 19 heavy (non-hydrogen) atoms. The number of rotatable bonds is 4. The molecule has 1 aromatic carbocycles. The second-order valence-corrected chi connectivity index (χ2v) is 5.43. The SMILES string of the molecule is CN(C)Cc1cc(C(N)N)cc(N2CCNCC2)c1. The van der Waals surface area contributed by atoms with Gasteiger partial charge in [0.2, 0.25) is 0 Å². The summed E-state index contributed by atoms with van der Waals surface area (Å²) in [4.78, 5) is 4.55. The Labute approximate surface area is 115 Å². The molecular formula is C14H25N5. The number of nitrogens with zero attached hydrogens (tertiary/aromatic N) is 2. The largest absolute Gasteiger partial charge is 0.369 e. The van der Waals surface area contributed by atoms with E-state index < -0.39 is 6.17 Å². The van der Waals surface area contributed by atoms with Gasteiger partial charge < -0.3 is 26.6 Å². The molecule has 1 aliphatic heterocycles. The lowest BCUT2D eigenvalue weighted by atomic mass is 10.1. The van der Waals surface area contributed by atoms with Crippen molar-refractivity contribution in [2.24, 2.45) is 11.5 Å². The van der Waals surface area contributed by atoms with Crippen LogP contribution in [0.1, 0.15) is 17.3 Å². The number of hydrogen-bond donors (Lipinski definition) is 3. The zero-order chi connectivity index (χ0) is 13.8. The molecular weight excluding hydrogens is 238 g/mol. The van der Waals surface area contributed by atoms with Crippen LogP contribution in [-0.4, -0.2) is 45.2 Å². The molecule has 1 fully saturated rings. The Bertz CT molecular complexity index is 410. The van der Waals surface area contributed by atoms with E-state index >= 15 is 0 Å². The minimum Gasteiger partial charge on any atom is -0.369 e. The first-order valence-corrected chi connectivity index (χ1v) is 6.81. The van der Waals surface area contributed by atoms with Gasteiger partial charge in [-0.2, -0.15) is 0 Å². The predicted molar refractivity (Wildman–Crippen MR) is 80.0 cm³/mol. The second-order valence-electron chi connectivity index (χ2n) is 5.43. The van der Waals surface area contributed by atoms with Gasteiger partial charge in [0, 0.05) is 38.4 Å². The van der Waals surface area contributed by atoms with Crippen molar-refractivity contribution in [1.29, 1.82) is 0 Å². The number of benzene rings is 1. The Balaban J connectivity index is 2.27. The average molecular weight is 263 g/mol. The Morgan fingerprint density at radius 1 is 1.21 bits per heavy atom. The van der Waals surface area contributed by atoms with Crippen LogP contribution in [0.15, 0.2) is 18.2 Å². The quantitative estimate of drug-likeness (QED) is 0.671. The molecule has 1 aromatic rings. The maximum atomic E-state index is 5.85. The van der Waals surface area contributed by atoms with E-state index in [9.17, 15) is 0 Å². The zero-order valence-corrected chi connectivity index (χ0v) is 11.9. The molecule has 0 radical (unpaired) electrons. The third-order valence-corrected chi connectivity index (χ3v) is 3.37. The molecule has 0 saturated carbocycles. The highest BCUT2D eigenvalue weighted by Crippen LogP contribution is 2.22. The minimum absolute atomic E-state index is 0.413. The van der Waals surface area contributed by atoms with Crippen molar-refractivity contribution in [3.8, 4) is 0 Å². The fraction of sp³-hybridized carbons (Fsp3) is 0.571. The molecule has 0 aromatic heterocycles. The van der Waals surface area contributed by atoms with E-state index in [4.69, 9.17) is 11.5 Å². The fourth-order valence-electron chi connectivity index (χ4n) is 2.45. The van der Waals surface area contributed by atoms with E-state index in [0.717, 1.165) is 38.3 Å². The molecule has 5 nitrogen and oxygen atoms in total. The Morgan fingerprint density at radius 2 is 1.89 bits per heavy atom. The van der Waals surface area contributed by atoms with Crippen molar-refractivity contribution < 1.29 is 0 Å². The first-order valence-electron chi connectivity index (χ1n) is 6.81. The Kier molecular flexibility index (Phi) is 4.76. The topological polar surface area (TPSA) is 70.5 Å². The molecule has 0 atom stereocenters. The van der Waals surface area contributed by atoms with Crippen LogP contribution in [0.25, 0.3) is 0 Å². The molecule has 106 valence electrons. The monoisotopic (exact) mass is 263 g/mol. The van der Waals surface area contributed by atoms with Crippen LogP contribution in [0.2, 0.25) is 0 Å². The van der Waals surface area contributed by atoms with Crippen molar-refractivity contribution in [2.45, 2.75) is 12.7 Å². The molecule has 5 heteroatoms. The summed E-state index contributed by atoms with van der Waals surface area (Å²) in [6, 6.07) is 6.47. The summed E-state index contributed by atoms with van der Waals surface area (Å²) in [7, 11) is 4.14. The third-order valence-electron chi connectivity index (χ3n) is 3.37. The summed E-state index contributed by atoms with van der Waals surface area (Å²) < 4.78 is 0. The lowest BCUT2D eigenvalue weighted by Gasteiger charge is -2.30. The van der Waals surface area contributed by atoms with Crippen LogP contribution in [0.5, 0.6) is 0 Å². The van der Waals surface area contributed by atoms with E-state index in [2.05, 4.69) is 47.4 Å². The summed E-state index contributed by atoms with van der Waals surface area (Å²) >= 11 is 0. The van der Waals surface area contributed by atoms with E-state index in [0.29, 0.717) is 0 Å². The predicted octanol–water partition coefficient (Wildman–Crippen LogP) is 0.0738. The van der Waals surface area contributed by atoms with Crippen LogP contribution in [0, 0.1) is 0 Å². The minimum atomic E-state index is -0.413. The van der Waals surface area contributed by atoms with E-state index in [1.165, 1.54) is 11.3 Å². The van der Waals surface area contributed by atoms with Crippen molar-refractivity contribution >= 4 is 5.69 Å². The average Bonchev–Trinajstić information content (AvgIpc) is 2.38. The van der Waals surface area contributed by atoms with Gasteiger partial charge in [0.25, 0.3) is 0 Å². The lowest BCUT2D eigenvalue weighted by molar-refractivity contribution is 0.402. The van der Waals surface area contributed by atoms with Gasteiger partial charge in [-0.25, -0.2) is 0 Å². The van der Waals surface area contributed by atoms with Gasteiger partial charge in [-0.05, 0) is 37.4 Å². The molecule has 0 bridgehead atoms.